The standard InChI is InChI=1S/C24H22N2O3S/c1-30(28,29)14-13-21(17-11-12-17)26-15-19(16-7-3-2-4-8-16)22-18-9-5-6-10-20(18)25-23(22)24(26)27/h2-10,13-15,17,21,25H,11-12H2,1H3/b14-13+. The number of hydrogen-bond donors (Lipinski definition) is 1. The SMILES string of the molecule is CS(=O)(=O)/C=C/C(C1CC1)n1cc(-c2ccccc2)c2c([nH]c3ccccc32)c1=O. The van der Waals surface area contributed by atoms with Crippen molar-refractivity contribution in [3.8, 4) is 11.1 Å². The van der Waals surface area contributed by atoms with E-state index in [0.29, 0.717) is 5.52 Å². The molecule has 152 valence electrons. The van der Waals surface area contributed by atoms with Crippen LogP contribution in [0, 0.1) is 5.92 Å². The van der Waals surface area contributed by atoms with E-state index >= 15 is 0 Å². The molecule has 2 heterocycles. The van der Waals surface area contributed by atoms with Crippen molar-refractivity contribution < 1.29 is 8.42 Å². The van der Waals surface area contributed by atoms with Crippen LogP contribution >= 0.6 is 0 Å². The number of H-pyrrole nitrogens is 1. The van der Waals surface area contributed by atoms with E-state index in [1.807, 2.05) is 60.8 Å². The molecule has 1 fully saturated rings. The van der Waals surface area contributed by atoms with Crippen molar-refractivity contribution in [1.82, 2.24) is 9.55 Å². The van der Waals surface area contributed by atoms with Crippen molar-refractivity contribution in [1.29, 1.82) is 0 Å². The summed E-state index contributed by atoms with van der Waals surface area (Å²) >= 11 is 0. The van der Waals surface area contributed by atoms with Gasteiger partial charge in [-0.05, 0) is 30.4 Å². The van der Waals surface area contributed by atoms with Gasteiger partial charge in [-0.15, -0.1) is 0 Å². The van der Waals surface area contributed by atoms with Crippen molar-refractivity contribution in [3.05, 3.63) is 82.6 Å². The highest BCUT2D eigenvalue weighted by molar-refractivity contribution is 7.93. The monoisotopic (exact) mass is 418 g/mol. The fourth-order valence-electron chi connectivity index (χ4n) is 4.17. The van der Waals surface area contributed by atoms with Gasteiger partial charge in [0.15, 0.2) is 9.84 Å². The van der Waals surface area contributed by atoms with Crippen LogP contribution in [-0.2, 0) is 9.84 Å². The number of nitrogens with zero attached hydrogens (tertiary/aromatic N) is 1. The summed E-state index contributed by atoms with van der Waals surface area (Å²) in [6, 6.07) is 17.6. The lowest BCUT2D eigenvalue weighted by Crippen LogP contribution is -2.25. The largest absolute Gasteiger partial charge is 0.350 e. The molecule has 1 unspecified atom stereocenters. The number of rotatable bonds is 5. The lowest BCUT2D eigenvalue weighted by atomic mass is 10.0. The Morgan fingerprint density at radius 3 is 2.47 bits per heavy atom. The second-order valence-corrected chi connectivity index (χ2v) is 9.96. The third-order valence-electron chi connectivity index (χ3n) is 5.73. The number of para-hydroxylation sites is 1. The predicted molar refractivity (Wildman–Crippen MR) is 121 cm³/mol. The fourth-order valence-corrected chi connectivity index (χ4v) is 4.62. The van der Waals surface area contributed by atoms with Gasteiger partial charge in [0, 0.05) is 39.7 Å². The van der Waals surface area contributed by atoms with Crippen LogP contribution in [0.4, 0.5) is 0 Å². The van der Waals surface area contributed by atoms with E-state index in [-0.39, 0.29) is 17.5 Å². The second-order valence-electron chi connectivity index (χ2n) is 8.03. The molecule has 0 spiro atoms. The molecule has 0 amide bonds. The van der Waals surface area contributed by atoms with E-state index in [1.165, 1.54) is 11.7 Å². The Hall–Kier alpha value is -3.12. The minimum atomic E-state index is -3.27. The fraction of sp³-hybridized carbons (Fsp3) is 0.208. The van der Waals surface area contributed by atoms with Crippen molar-refractivity contribution in [2.75, 3.05) is 6.26 Å². The summed E-state index contributed by atoms with van der Waals surface area (Å²) in [6.07, 6.45) is 6.70. The average Bonchev–Trinajstić information content (AvgIpc) is 3.49. The zero-order valence-electron chi connectivity index (χ0n) is 16.6. The molecule has 1 saturated carbocycles. The molecule has 0 saturated heterocycles. The molecule has 0 aliphatic heterocycles. The lowest BCUT2D eigenvalue weighted by molar-refractivity contribution is 0.524. The van der Waals surface area contributed by atoms with Crippen molar-refractivity contribution in [2.24, 2.45) is 5.92 Å². The topological polar surface area (TPSA) is 71.9 Å². The summed E-state index contributed by atoms with van der Waals surface area (Å²) in [7, 11) is -3.27. The number of fused-ring (bicyclic) bond motifs is 3. The minimum Gasteiger partial charge on any atom is -0.350 e. The minimum absolute atomic E-state index is 0.129. The first-order valence-electron chi connectivity index (χ1n) is 10.0. The molecule has 5 rings (SSSR count). The van der Waals surface area contributed by atoms with Crippen LogP contribution in [0.25, 0.3) is 32.9 Å². The molecule has 5 nitrogen and oxygen atoms in total. The molecular weight excluding hydrogens is 396 g/mol. The van der Waals surface area contributed by atoms with Gasteiger partial charge in [-0.2, -0.15) is 0 Å². The highest BCUT2D eigenvalue weighted by Gasteiger charge is 2.32. The van der Waals surface area contributed by atoms with Crippen LogP contribution in [0.15, 0.2) is 77.1 Å². The lowest BCUT2D eigenvalue weighted by Gasteiger charge is -2.18. The maximum Gasteiger partial charge on any atom is 0.275 e. The number of benzene rings is 2. The molecule has 6 heteroatoms. The molecule has 1 aliphatic rings. The van der Waals surface area contributed by atoms with Crippen LogP contribution in [-0.4, -0.2) is 24.2 Å². The van der Waals surface area contributed by atoms with E-state index in [1.54, 1.807) is 10.6 Å². The zero-order valence-corrected chi connectivity index (χ0v) is 17.4. The maximum absolute atomic E-state index is 13.5. The summed E-state index contributed by atoms with van der Waals surface area (Å²) in [5.74, 6) is 0.270. The maximum atomic E-state index is 13.5. The Labute approximate surface area is 174 Å². The van der Waals surface area contributed by atoms with E-state index < -0.39 is 9.84 Å². The molecule has 0 radical (unpaired) electrons. The van der Waals surface area contributed by atoms with E-state index in [9.17, 15) is 13.2 Å². The van der Waals surface area contributed by atoms with Crippen LogP contribution in [0.3, 0.4) is 0 Å². The van der Waals surface area contributed by atoms with Crippen LogP contribution in [0.2, 0.25) is 0 Å². The number of nitrogens with one attached hydrogen (secondary N) is 1. The normalized spacial score (nSPS) is 15.9. The van der Waals surface area contributed by atoms with Crippen molar-refractivity contribution in [2.45, 2.75) is 18.9 Å². The smallest absolute Gasteiger partial charge is 0.275 e. The third-order valence-corrected chi connectivity index (χ3v) is 6.38. The third kappa shape index (κ3) is 3.37. The quantitative estimate of drug-likeness (QED) is 0.512. The first-order valence-corrected chi connectivity index (χ1v) is 12.0. The Bertz CT molecular complexity index is 1440. The van der Waals surface area contributed by atoms with Gasteiger partial charge >= 0.3 is 0 Å². The molecule has 1 aliphatic carbocycles. The Morgan fingerprint density at radius 2 is 1.77 bits per heavy atom. The molecule has 0 bridgehead atoms. The van der Waals surface area contributed by atoms with Gasteiger partial charge in [0.25, 0.3) is 5.56 Å². The number of aromatic amines is 1. The Morgan fingerprint density at radius 1 is 1.07 bits per heavy atom. The zero-order chi connectivity index (χ0) is 20.9. The summed E-state index contributed by atoms with van der Waals surface area (Å²) in [5.41, 5.74) is 3.31. The van der Waals surface area contributed by atoms with Gasteiger partial charge in [-0.3, -0.25) is 4.79 Å². The highest BCUT2D eigenvalue weighted by atomic mass is 32.2. The molecule has 1 atom stereocenters. The first kappa shape index (κ1) is 18.9. The predicted octanol–water partition coefficient (Wildman–Crippen LogP) is 4.66. The van der Waals surface area contributed by atoms with Crippen LogP contribution in [0.1, 0.15) is 18.9 Å². The molecule has 1 N–H and O–H groups in total. The van der Waals surface area contributed by atoms with Crippen LogP contribution in [0.5, 0.6) is 0 Å². The average molecular weight is 419 g/mol. The van der Waals surface area contributed by atoms with Gasteiger partial charge in [0.2, 0.25) is 0 Å². The summed E-state index contributed by atoms with van der Waals surface area (Å²) in [5, 5.41) is 3.13. The molecule has 2 aromatic heterocycles. The van der Waals surface area contributed by atoms with Crippen molar-refractivity contribution in [3.63, 3.8) is 0 Å². The van der Waals surface area contributed by atoms with Gasteiger partial charge < -0.3 is 9.55 Å². The van der Waals surface area contributed by atoms with E-state index in [0.717, 1.165) is 40.3 Å². The van der Waals surface area contributed by atoms with E-state index in [2.05, 4.69) is 4.98 Å². The number of allylic oxidation sites excluding steroid dienone is 1. The molecule has 30 heavy (non-hydrogen) atoms. The van der Waals surface area contributed by atoms with Gasteiger partial charge in [-0.25, -0.2) is 8.42 Å². The van der Waals surface area contributed by atoms with Gasteiger partial charge in [-0.1, -0.05) is 54.6 Å². The van der Waals surface area contributed by atoms with Gasteiger partial charge in [0.1, 0.15) is 5.52 Å². The first-order chi connectivity index (χ1) is 14.4. The Kier molecular flexibility index (Phi) is 4.40. The van der Waals surface area contributed by atoms with Gasteiger partial charge in [0.05, 0.1) is 6.04 Å². The summed E-state index contributed by atoms with van der Waals surface area (Å²) in [6.45, 7) is 0. The second kappa shape index (κ2) is 6.99. The van der Waals surface area contributed by atoms with E-state index in [4.69, 9.17) is 0 Å². The number of hydrogen-bond acceptors (Lipinski definition) is 3. The molecular formula is C24H22N2O3S. The summed E-state index contributed by atoms with van der Waals surface area (Å²) in [4.78, 5) is 16.8. The number of sulfone groups is 1. The highest BCUT2D eigenvalue weighted by Crippen LogP contribution is 2.41. The summed E-state index contributed by atoms with van der Waals surface area (Å²) < 4.78 is 25.2. The molecule has 2 aromatic carbocycles. The number of aromatic nitrogens is 2. The Balaban J connectivity index is 1.84. The molecule has 4 aromatic rings. The van der Waals surface area contributed by atoms with Crippen LogP contribution < -0.4 is 5.56 Å². The van der Waals surface area contributed by atoms with Crippen molar-refractivity contribution >= 4 is 31.6 Å². The number of pyridine rings is 1.